The molecule has 0 saturated carbocycles. The first-order chi connectivity index (χ1) is 13.5. The molecule has 146 valence electrons. The number of rotatable bonds is 3. The van der Waals surface area contributed by atoms with Crippen molar-refractivity contribution in [2.45, 2.75) is 6.54 Å². The number of ether oxygens (including phenoxy) is 1. The Kier molecular flexibility index (Phi) is 5.44. The van der Waals surface area contributed by atoms with Crippen LogP contribution in [0.2, 0.25) is 10.0 Å². The van der Waals surface area contributed by atoms with Gasteiger partial charge < -0.3 is 15.0 Å². The summed E-state index contributed by atoms with van der Waals surface area (Å²) in [6.07, 6.45) is 0. The van der Waals surface area contributed by atoms with Crippen molar-refractivity contribution in [1.82, 2.24) is 20.0 Å². The van der Waals surface area contributed by atoms with Crippen molar-refractivity contribution < 1.29 is 9.53 Å². The molecule has 0 aliphatic carbocycles. The molecular formula is C20H20Cl2N4O2. The number of aryl methyl sites for hydroxylation is 1. The predicted molar refractivity (Wildman–Crippen MR) is 111 cm³/mol. The number of halogens is 2. The fourth-order valence-electron chi connectivity index (χ4n) is 3.44. The van der Waals surface area contributed by atoms with Gasteiger partial charge in [-0.15, -0.1) is 0 Å². The van der Waals surface area contributed by atoms with Gasteiger partial charge >= 0.3 is 6.03 Å². The molecule has 2 heterocycles. The van der Waals surface area contributed by atoms with Gasteiger partial charge in [-0.25, -0.2) is 4.79 Å². The Balaban J connectivity index is 1.63. The Morgan fingerprint density at radius 2 is 1.96 bits per heavy atom. The first-order valence-corrected chi connectivity index (χ1v) is 9.81. The molecule has 1 aromatic heterocycles. The molecule has 1 aliphatic heterocycles. The minimum absolute atomic E-state index is 0.0884. The molecule has 3 aromatic rings. The van der Waals surface area contributed by atoms with Crippen molar-refractivity contribution in [3.05, 3.63) is 52.1 Å². The first-order valence-electron chi connectivity index (χ1n) is 9.05. The molecule has 0 spiro atoms. The number of benzene rings is 2. The van der Waals surface area contributed by atoms with E-state index in [1.807, 2.05) is 37.4 Å². The number of carbonyl (C=O) groups is 1. The van der Waals surface area contributed by atoms with E-state index in [-0.39, 0.29) is 6.03 Å². The number of fused-ring (bicyclic) bond motifs is 1. The molecule has 28 heavy (non-hydrogen) atoms. The molecule has 1 saturated heterocycles. The van der Waals surface area contributed by atoms with E-state index in [0.717, 1.165) is 27.7 Å². The normalized spacial score (nSPS) is 14.5. The summed E-state index contributed by atoms with van der Waals surface area (Å²) in [7, 11) is 1.88. The summed E-state index contributed by atoms with van der Waals surface area (Å²) in [5.41, 5.74) is 3.58. The van der Waals surface area contributed by atoms with Crippen LogP contribution in [0.4, 0.5) is 4.79 Å². The van der Waals surface area contributed by atoms with Crippen LogP contribution in [0.5, 0.6) is 0 Å². The summed E-state index contributed by atoms with van der Waals surface area (Å²) in [4.78, 5) is 14.2. The molecule has 1 aliphatic rings. The fourth-order valence-corrected chi connectivity index (χ4v) is 3.95. The molecule has 6 nitrogen and oxygen atoms in total. The average Bonchev–Trinajstić information content (AvgIpc) is 3.02. The van der Waals surface area contributed by atoms with E-state index in [0.29, 0.717) is 42.9 Å². The molecule has 0 unspecified atom stereocenters. The summed E-state index contributed by atoms with van der Waals surface area (Å²) >= 11 is 12.4. The van der Waals surface area contributed by atoms with Crippen LogP contribution < -0.4 is 5.32 Å². The molecule has 8 heteroatoms. The largest absolute Gasteiger partial charge is 0.378 e. The summed E-state index contributed by atoms with van der Waals surface area (Å²) in [5.74, 6) is 0. The molecule has 0 radical (unpaired) electrons. The van der Waals surface area contributed by atoms with Crippen LogP contribution in [0, 0.1) is 0 Å². The van der Waals surface area contributed by atoms with Crippen LogP contribution in [-0.4, -0.2) is 47.0 Å². The van der Waals surface area contributed by atoms with Crippen molar-refractivity contribution in [2.24, 2.45) is 7.05 Å². The molecule has 0 atom stereocenters. The summed E-state index contributed by atoms with van der Waals surface area (Å²) < 4.78 is 7.10. The molecule has 2 amide bonds. The number of amides is 2. The lowest BCUT2D eigenvalue weighted by Gasteiger charge is -2.26. The maximum atomic E-state index is 12.4. The summed E-state index contributed by atoms with van der Waals surface area (Å²) in [5, 5.41) is 9.82. The van der Waals surface area contributed by atoms with Crippen LogP contribution in [0.1, 0.15) is 5.69 Å². The second kappa shape index (κ2) is 7.99. The van der Waals surface area contributed by atoms with Gasteiger partial charge in [0.15, 0.2) is 0 Å². The molecule has 1 N–H and O–H groups in total. The third kappa shape index (κ3) is 3.68. The smallest absolute Gasteiger partial charge is 0.317 e. The number of nitrogens with zero attached hydrogens (tertiary/aromatic N) is 3. The molecule has 4 rings (SSSR count). The highest BCUT2D eigenvalue weighted by atomic mass is 35.5. The Morgan fingerprint density at radius 3 is 2.71 bits per heavy atom. The number of nitrogens with one attached hydrogen (secondary N) is 1. The fraction of sp³-hybridized carbons (Fsp3) is 0.300. The predicted octanol–water partition coefficient (Wildman–Crippen LogP) is 4.09. The van der Waals surface area contributed by atoms with Gasteiger partial charge in [0.1, 0.15) is 5.52 Å². The highest BCUT2D eigenvalue weighted by molar-refractivity contribution is 6.36. The van der Waals surface area contributed by atoms with E-state index >= 15 is 0 Å². The molecule has 1 fully saturated rings. The number of hydrogen-bond donors (Lipinski definition) is 1. The Hall–Kier alpha value is -2.28. The second-order valence-electron chi connectivity index (χ2n) is 6.65. The molecular weight excluding hydrogens is 399 g/mol. The third-order valence-electron chi connectivity index (χ3n) is 4.91. The minimum Gasteiger partial charge on any atom is -0.378 e. The number of aromatic nitrogens is 2. The van der Waals surface area contributed by atoms with Gasteiger partial charge in [-0.05, 0) is 12.1 Å². The summed E-state index contributed by atoms with van der Waals surface area (Å²) in [6.45, 7) is 2.76. The van der Waals surface area contributed by atoms with Gasteiger partial charge in [-0.2, -0.15) is 5.10 Å². The number of urea groups is 1. The van der Waals surface area contributed by atoms with Crippen LogP contribution in [-0.2, 0) is 18.3 Å². The van der Waals surface area contributed by atoms with Gasteiger partial charge in [0.05, 0.1) is 25.5 Å². The maximum absolute atomic E-state index is 12.4. The van der Waals surface area contributed by atoms with E-state index in [4.69, 9.17) is 27.9 Å². The number of morpholine rings is 1. The standard InChI is InChI=1S/C20H20Cl2N4O2/c1-25-18(12-23-20(27)26-7-9-28-10-8-26)16-4-2-3-15(19(16)24-25)14-6-5-13(21)11-17(14)22/h2-6,11H,7-10,12H2,1H3,(H,23,27). The van der Waals surface area contributed by atoms with Crippen molar-refractivity contribution >= 4 is 40.1 Å². The lowest BCUT2D eigenvalue weighted by atomic mass is 10.0. The van der Waals surface area contributed by atoms with Gasteiger partial charge in [0, 0.05) is 46.7 Å². The first kappa shape index (κ1) is 19.1. The van der Waals surface area contributed by atoms with Gasteiger partial charge in [-0.1, -0.05) is 47.5 Å². The Bertz CT molecular complexity index is 1030. The van der Waals surface area contributed by atoms with Crippen molar-refractivity contribution in [3.63, 3.8) is 0 Å². The minimum atomic E-state index is -0.0884. The van der Waals surface area contributed by atoms with Crippen molar-refractivity contribution in [2.75, 3.05) is 26.3 Å². The molecule has 2 aromatic carbocycles. The Labute approximate surface area is 173 Å². The topological polar surface area (TPSA) is 59.4 Å². The zero-order valence-electron chi connectivity index (χ0n) is 15.4. The third-order valence-corrected chi connectivity index (χ3v) is 5.46. The van der Waals surface area contributed by atoms with Crippen LogP contribution in [0.25, 0.3) is 22.0 Å². The monoisotopic (exact) mass is 418 g/mol. The van der Waals surface area contributed by atoms with E-state index < -0.39 is 0 Å². The SMILES string of the molecule is Cn1nc2c(-c3ccc(Cl)cc3Cl)cccc2c1CNC(=O)N1CCOCC1. The van der Waals surface area contributed by atoms with Gasteiger partial charge in [0.2, 0.25) is 0 Å². The van der Waals surface area contributed by atoms with Crippen LogP contribution in [0.3, 0.4) is 0 Å². The summed E-state index contributed by atoms with van der Waals surface area (Å²) in [6, 6.07) is 11.3. The highest BCUT2D eigenvalue weighted by Gasteiger charge is 2.19. The second-order valence-corrected chi connectivity index (χ2v) is 7.50. The van der Waals surface area contributed by atoms with Gasteiger partial charge in [0.25, 0.3) is 0 Å². The maximum Gasteiger partial charge on any atom is 0.317 e. The van der Waals surface area contributed by atoms with Crippen molar-refractivity contribution in [1.29, 1.82) is 0 Å². The average molecular weight is 419 g/mol. The van der Waals surface area contributed by atoms with Crippen LogP contribution in [0.15, 0.2) is 36.4 Å². The van der Waals surface area contributed by atoms with E-state index in [9.17, 15) is 4.79 Å². The zero-order chi connectivity index (χ0) is 19.7. The zero-order valence-corrected chi connectivity index (χ0v) is 16.9. The van der Waals surface area contributed by atoms with E-state index in [2.05, 4.69) is 10.4 Å². The number of carbonyl (C=O) groups excluding carboxylic acids is 1. The Morgan fingerprint density at radius 1 is 1.18 bits per heavy atom. The lowest BCUT2D eigenvalue weighted by molar-refractivity contribution is 0.0531. The van der Waals surface area contributed by atoms with Crippen LogP contribution >= 0.6 is 23.2 Å². The quantitative estimate of drug-likeness (QED) is 0.696. The van der Waals surface area contributed by atoms with Crippen molar-refractivity contribution in [3.8, 4) is 11.1 Å². The van der Waals surface area contributed by atoms with E-state index in [1.165, 1.54) is 0 Å². The highest BCUT2D eigenvalue weighted by Crippen LogP contribution is 2.35. The number of hydrogen-bond acceptors (Lipinski definition) is 3. The molecule has 0 bridgehead atoms. The lowest BCUT2D eigenvalue weighted by Crippen LogP contribution is -2.46. The van der Waals surface area contributed by atoms with E-state index in [1.54, 1.807) is 15.6 Å². The van der Waals surface area contributed by atoms with Gasteiger partial charge in [-0.3, -0.25) is 4.68 Å².